The van der Waals surface area contributed by atoms with Crippen molar-refractivity contribution in [3.63, 3.8) is 0 Å². The van der Waals surface area contributed by atoms with Crippen LogP contribution in [0, 0.1) is 0 Å². The van der Waals surface area contributed by atoms with Crippen LogP contribution in [-0.2, 0) is 4.43 Å². The van der Waals surface area contributed by atoms with Crippen LogP contribution in [0.5, 0.6) is 5.75 Å². The zero-order valence-electron chi connectivity index (χ0n) is 11.1. The lowest BCUT2D eigenvalue weighted by molar-refractivity contribution is 0.492. The van der Waals surface area contributed by atoms with Crippen molar-refractivity contribution >= 4 is 46.8 Å². The number of rotatable bonds is 3. The minimum Gasteiger partial charge on any atom is -0.543 e. The van der Waals surface area contributed by atoms with E-state index in [-0.39, 0.29) is 5.04 Å². The molecule has 0 saturated heterocycles. The van der Waals surface area contributed by atoms with Gasteiger partial charge in [-0.1, -0.05) is 59.3 Å². The van der Waals surface area contributed by atoms with E-state index < -0.39 is 8.32 Å². The summed E-state index contributed by atoms with van der Waals surface area (Å²) >= 11 is 5.94. The Morgan fingerprint density at radius 3 is 2.35 bits per heavy atom. The van der Waals surface area contributed by atoms with Gasteiger partial charge >= 0.3 is 0 Å². The molecule has 0 N–H and O–H groups in total. The molecule has 1 aromatic rings. The Balaban J connectivity index is 2.96. The van der Waals surface area contributed by atoms with Gasteiger partial charge in [-0.2, -0.15) is 0 Å². The third-order valence-electron chi connectivity index (χ3n) is 3.34. The second kappa shape index (κ2) is 5.61. The quantitative estimate of drug-likeness (QED) is 0.338. The molecular weight excluding hydrogens is 407 g/mol. The van der Waals surface area contributed by atoms with Crippen LogP contribution in [0.1, 0.15) is 26.3 Å². The van der Waals surface area contributed by atoms with Gasteiger partial charge in [-0.15, -0.1) is 0 Å². The Hall–Kier alpha value is 0.447. The van der Waals surface area contributed by atoms with E-state index in [1.165, 1.54) is 5.56 Å². The summed E-state index contributed by atoms with van der Waals surface area (Å²) in [7, 11) is -1.72. The van der Waals surface area contributed by atoms with Crippen molar-refractivity contribution in [2.24, 2.45) is 0 Å². The molecule has 0 saturated carbocycles. The number of hydrogen-bond donors (Lipinski definition) is 0. The van der Waals surface area contributed by atoms with E-state index in [1.54, 1.807) is 0 Å². The molecule has 0 fully saturated rings. The third-order valence-corrected chi connectivity index (χ3v) is 9.29. The van der Waals surface area contributed by atoms with E-state index in [0.29, 0.717) is 0 Å². The van der Waals surface area contributed by atoms with Gasteiger partial charge in [0.05, 0.1) is 0 Å². The first kappa shape index (κ1) is 15.5. The summed E-state index contributed by atoms with van der Waals surface area (Å²) in [4.78, 5) is 0. The molecule has 4 heteroatoms. The highest BCUT2D eigenvalue weighted by atomic mass is 127. The molecule has 1 aromatic carbocycles. The maximum Gasteiger partial charge on any atom is 0.250 e. The SMILES string of the molecule is CC(C)(C)[Si](C)(C)Oc1ccc(Br)c(CI)c1. The summed E-state index contributed by atoms with van der Waals surface area (Å²) < 4.78 is 8.43. The van der Waals surface area contributed by atoms with Crippen LogP contribution in [0.2, 0.25) is 18.1 Å². The predicted octanol–water partition coefficient (Wildman–Crippen LogP) is 5.77. The van der Waals surface area contributed by atoms with Gasteiger partial charge in [-0.3, -0.25) is 0 Å². The van der Waals surface area contributed by atoms with Crippen molar-refractivity contribution < 1.29 is 4.43 Å². The van der Waals surface area contributed by atoms with Crippen molar-refractivity contribution in [3.05, 3.63) is 28.2 Å². The molecule has 0 aliphatic carbocycles. The fourth-order valence-corrected chi connectivity index (χ4v) is 3.73. The van der Waals surface area contributed by atoms with E-state index in [2.05, 4.69) is 90.6 Å². The van der Waals surface area contributed by atoms with Gasteiger partial charge in [-0.05, 0) is 41.9 Å². The first-order chi connectivity index (χ1) is 7.67. The van der Waals surface area contributed by atoms with Crippen LogP contribution in [0.15, 0.2) is 22.7 Å². The molecule has 96 valence electrons. The molecule has 0 bridgehead atoms. The zero-order chi connectivity index (χ0) is 13.3. The van der Waals surface area contributed by atoms with Gasteiger partial charge in [-0.25, -0.2) is 0 Å². The van der Waals surface area contributed by atoms with Gasteiger partial charge < -0.3 is 4.43 Å². The molecule has 0 amide bonds. The Bertz CT molecular complexity index is 399. The minimum absolute atomic E-state index is 0.241. The fourth-order valence-electron chi connectivity index (χ4n) is 1.16. The number of halogens is 2. The molecule has 0 radical (unpaired) electrons. The van der Waals surface area contributed by atoms with Gasteiger partial charge in [0.2, 0.25) is 8.32 Å². The van der Waals surface area contributed by atoms with E-state index in [4.69, 9.17) is 4.43 Å². The monoisotopic (exact) mass is 426 g/mol. The molecule has 0 aliphatic heterocycles. The fraction of sp³-hybridized carbons (Fsp3) is 0.538. The highest BCUT2D eigenvalue weighted by molar-refractivity contribution is 14.1. The first-order valence-corrected chi connectivity index (χ1v) is 10.9. The summed E-state index contributed by atoms with van der Waals surface area (Å²) in [6.07, 6.45) is 0. The largest absolute Gasteiger partial charge is 0.543 e. The van der Waals surface area contributed by atoms with Crippen molar-refractivity contribution in [2.75, 3.05) is 0 Å². The summed E-state index contributed by atoms with van der Waals surface area (Å²) in [6.45, 7) is 11.3. The normalized spacial score (nSPS) is 12.6. The molecule has 17 heavy (non-hydrogen) atoms. The Labute approximate surface area is 128 Å². The standard InChI is InChI=1S/C13H20BrIOSi/c1-13(2,3)17(4,5)16-11-6-7-12(14)10(8-11)9-15/h6-8H,9H2,1-5H3. The van der Waals surface area contributed by atoms with Gasteiger partial charge in [0.1, 0.15) is 5.75 Å². The Morgan fingerprint density at radius 1 is 1.29 bits per heavy atom. The number of hydrogen-bond acceptors (Lipinski definition) is 1. The summed E-state index contributed by atoms with van der Waals surface area (Å²) in [5.74, 6) is 1.01. The number of alkyl halides is 1. The van der Waals surface area contributed by atoms with E-state index in [0.717, 1.165) is 14.6 Å². The van der Waals surface area contributed by atoms with Crippen molar-refractivity contribution in [1.29, 1.82) is 0 Å². The van der Waals surface area contributed by atoms with Crippen LogP contribution >= 0.6 is 38.5 Å². The van der Waals surface area contributed by atoms with Crippen LogP contribution in [-0.4, -0.2) is 8.32 Å². The van der Waals surface area contributed by atoms with Gasteiger partial charge in [0, 0.05) is 8.90 Å². The first-order valence-electron chi connectivity index (χ1n) is 5.71. The smallest absolute Gasteiger partial charge is 0.250 e. The van der Waals surface area contributed by atoms with Gasteiger partial charge in [0.25, 0.3) is 0 Å². The molecular formula is C13H20BrIOSi. The number of benzene rings is 1. The van der Waals surface area contributed by atoms with Crippen LogP contribution in [0.4, 0.5) is 0 Å². The molecule has 0 aliphatic rings. The van der Waals surface area contributed by atoms with Crippen molar-refractivity contribution in [2.45, 2.75) is 43.3 Å². The average Bonchev–Trinajstić information content (AvgIpc) is 2.19. The van der Waals surface area contributed by atoms with Crippen LogP contribution in [0.3, 0.4) is 0 Å². The Morgan fingerprint density at radius 2 is 1.88 bits per heavy atom. The summed E-state index contributed by atoms with van der Waals surface area (Å²) in [6, 6.07) is 6.29. The lowest BCUT2D eigenvalue weighted by Gasteiger charge is -2.36. The third kappa shape index (κ3) is 3.96. The van der Waals surface area contributed by atoms with E-state index >= 15 is 0 Å². The molecule has 1 rings (SSSR count). The molecule has 1 nitrogen and oxygen atoms in total. The second-order valence-electron chi connectivity index (χ2n) is 5.75. The molecule has 0 aromatic heterocycles. The zero-order valence-corrected chi connectivity index (χ0v) is 15.8. The lowest BCUT2D eigenvalue weighted by Crippen LogP contribution is -2.43. The minimum atomic E-state index is -1.72. The van der Waals surface area contributed by atoms with E-state index in [9.17, 15) is 0 Å². The van der Waals surface area contributed by atoms with Crippen LogP contribution in [0.25, 0.3) is 0 Å². The predicted molar refractivity (Wildman–Crippen MR) is 89.7 cm³/mol. The van der Waals surface area contributed by atoms with Gasteiger partial charge in [0.15, 0.2) is 0 Å². The van der Waals surface area contributed by atoms with E-state index in [1.807, 2.05) is 0 Å². The summed E-state index contributed by atoms with van der Waals surface area (Å²) in [5.41, 5.74) is 1.29. The van der Waals surface area contributed by atoms with Crippen molar-refractivity contribution in [3.8, 4) is 5.75 Å². The Kier molecular flexibility index (Phi) is 5.12. The molecule has 0 unspecified atom stereocenters. The second-order valence-corrected chi connectivity index (χ2v) is 12.1. The maximum atomic E-state index is 6.28. The molecule has 0 heterocycles. The maximum absolute atomic E-state index is 6.28. The van der Waals surface area contributed by atoms with Crippen molar-refractivity contribution in [1.82, 2.24) is 0 Å². The topological polar surface area (TPSA) is 9.23 Å². The lowest BCUT2D eigenvalue weighted by atomic mass is 10.2. The average molecular weight is 427 g/mol. The summed E-state index contributed by atoms with van der Waals surface area (Å²) in [5, 5.41) is 0.241. The highest BCUT2D eigenvalue weighted by Gasteiger charge is 2.38. The van der Waals surface area contributed by atoms with Crippen LogP contribution < -0.4 is 4.43 Å². The highest BCUT2D eigenvalue weighted by Crippen LogP contribution is 2.38. The molecule has 0 spiro atoms. The molecule has 0 atom stereocenters.